The summed E-state index contributed by atoms with van der Waals surface area (Å²) in [6, 6.07) is 24.4. The van der Waals surface area contributed by atoms with E-state index in [4.69, 9.17) is 4.74 Å². The van der Waals surface area contributed by atoms with Crippen LogP contribution in [0.4, 0.5) is 5.69 Å². The molecule has 2 N–H and O–H groups in total. The van der Waals surface area contributed by atoms with Crippen molar-refractivity contribution >= 4 is 17.5 Å². The number of likely N-dealkylation sites (N-methyl/N-ethyl adjacent to an activating group) is 1. The van der Waals surface area contributed by atoms with Gasteiger partial charge in [0.05, 0.1) is 0 Å². The van der Waals surface area contributed by atoms with Gasteiger partial charge in [-0.25, -0.2) is 0 Å². The van der Waals surface area contributed by atoms with Gasteiger partial charge in [0, 0.05) is 23.9 Å². The maximum atomic E-state index is 12.5. The molecule has 0 spiro atoms. The number of benzene rings is 3. The van der Waals surface area contributed by atoms with Crippen LogP contribution < -0.4 is 15.4 Å². The monoisotopic (exact) mass is 374 g/mol. The minimum absolute atomic E-state index is 0.0633. The lowest BCUT2D eigenvalue weighted by Gasteiger charge is -2.10. The molecule has 2 amide bonds. The van der Waals surface area contributed by atoms with E-state index in [1.54, 1.807) is 36.4 Å². The third-order valence-electron chi connectivity index (χ3n) is 4.09. The van der Waals surface area contributed by atoms with Crippen LogP contribution >= 0.6 is 0 Å². The molecule has 5 heteroatoms. The minimum Gasteiger partial charge on any atom is -0.484 e. The van der Waals surface area contributed by atoms with Crippen LogP contribution in [-0.4, -0.2) is 25.0 Å². The molecule has 5 nitrogen and oxygen atoms in total. The van der Waals surface area contributed by atoms with Gasteiger partial charge in [-0.05, 0) is 42.3 Å². The van der Waals surface area contributed by atoms with Gasteiger partial charge in [0.15, 0.2) is 6.61 Å². The Morgan fingerprint density at radius 3 is 2.29 bits per heavy atom. The predicted molar refractivity (Wildman–Crippen MR) is 110 cm³/mol. The van der Waals surface area contributed by atoms with Gasteiger partial charge < -0.3 is 15.4 Å². The summed E-state index contributed by atoms with van der Waals surface area (Å²) in [6.07, 6.45) is 0. The second-order valence-electron chi connectivity index (χ2n) is 6.17. The smallest absolute Gasteiger partial charge is 0.257 e. The minimum atomic E-state index is -0.208. The molecule has 0 aliphatic heterocycles. The summed E-state index contributed by atoms with van der Waals surface area (Å²) in [6.45, 7) is 2.34. The number of carbonyl (C=O) groups is 2. The average molecular weight is 374 g/mol. The van der Waals surface area contributed by atoms with Crippen LogP contribution in [0.1, 0.15) is 17.3 Å². The Balaban J connectivity index is 1.63. The van der Waals surface area contributed by atoms with Crippen molar-refractivity contribution in [3.63, 3.8) is 0 Å². The topological polar surface area (TPSA) is 67.4 Å². The Morgan fingerprint density at radius 2 is 1.57 bits per heavy atom. The summed E-state index contributed by atoms with van der Waals surface area (Å²) < 4.78 is 5.45. The molecule has 3 aromatic rings. The standard InChI is InChI=1S/C23H22N2O3/c1-2-24-22(26)16-28-21-10-6-9-20(15-21)25-23(27)19-13-11-18(12-14-19)17-7-4-3-5-8-17/h3-15H,2,16H2,1H3,(H,24,26)(H,25,27). The number of amides is 2. The van der Waals surface area contributed by atoms with Crippen LogP contribution in [0.2, 0.25) is 0 Å². The molecule has 142 valence electrons. The Labute approximate surface area is 164 Å². The molecule has 0 aliphatic carbocycles. The number of ether oxygens (including phenoxy) is 1. The van der Waals surface area contributed by atoms with Crippen molar-refractivity contribution in [1.29, 1.82) is 0 Å². The first-order chi connectivity index (χ1) is 13.7. The summed E-state index contributed by atoms with van der Waals surface area (Å²) in [5, 5.41) is 5.52. The van der Waals surface area contributed by atoms with Crippen LogP contribution in [0.25, 0.3) is 11.1 Å². The van der Waals surface area contributed by atoms with E-state index in [-0.39, 0.29) is 18.4 Å². The Hall–Kier alpha value is -3.60. The largest absolute Gasteiger partial charge is 0.484 e. The molecule has 0 saturated heterocycles. The first kappa shape index (κ1) is 19.2. The van der Waals surface area contributed by atoms with Gasteiger partial charge in [0.25, 0.3) is 11.8 Å². The molecular formula is C23H22N2O3. The second-order valence-corrected chi connectivity index (χ2v) is 6.17. The van der Waals surface area contributed by atoms with Crippen molar-refractivity contribution in [1.82, 2.24) is 5.32 Å². The van der Waals surface area contributed by atoms with Gasteiger partial charge in [-0.3, -0.25) is 9.59 Å². The van der Waals surface area contributed by atoms with E-state index in [2.05, 4.69) is 10.6 Å². The Morgan fingerprint density at radius 1 is 0.857 bits per heavy atom. The summed E-state index contributed by atoms with van der Waals surface area (Å²) in [5.74, 6) is 0.124. The molecule has 28 heavy (non-hydrogen) atoms. The van der Waals surface area contributed by atoms with E-state index in [9.17, 15) is 9.59 Å². The third kappa shape index (κ3) is 5.20. The molecule has 0 saturated carbocycles. The maximum Gasteiger partial charge on any atom is 0.257 e. The molecule has 0 radical (unpaired) electrons. The second kappa shape index (κ2) is 9.37. The van der Waals surface area contributed by atoms with Crippen molar-refractivity contribution < 1.29 is 14.3 Å². The van der Waals surface area contributed by atoms with Gasteiger partial charge >= 0.3 is 0 Å². The number of anilines is 1. The zero-order valence-electron chi connectivity index (χ0n) is 15.6. The molecule has 0 fully saturated rings. The lowest BCUT2D eigenvalue weighted by molar-refractivity contribution is -0.122. The SMILES string of the molecule is CCNC(=O)COc1cccc(NC(=O)c2ccc(-c3ccccc3)cc2)c1. The number of hydrogen-bond acceptors (Lipinski definition) is 3. The molecular weight excluding hydrogens is 352 g/mol. The number of nitrogens with one attached hydrogen (secondary N) is 2. The first-order valence-electron chi connectivity index (χ1n) is 9.12. The number of rotatable bonds is 7. The molecule has 0 atom stereocenters. The van der Waals surface area contributed by atoms with Gasteiger partial charge in [0.2, 0.25) is 0 Å². The third-order valence-corrected chi connectivity index (χ3v) is 4.09. The molecule has 0 bridgehead atoms. The van der Waals surface area contributed by atoms with Gasteiger partial charge in [-0.2, -0.15) is 0 Å². The fourth-order valence-corrected chi connectivity index (χ4v) is 2.71. The van der Waals surface area contributed by atoms with E-state index in [1.165, 1.54) is 0 Å². The van der Waals surface area contributed by atoms with Crippen LogP contribution in [0.3, 0.4) is 0 Å². The summed E-state index contributed by atoms with van der Waals surface area (Å²) in [4.78, 5) is 24.0. The highest BCUT2D eigenvalue weighted by atomic mass is 16.5. The Kier molecular flexibility index (Phi) is 6.41. The van der Waals surface area contributed by atoms with Crippen LogP contribution in [0, 0.1) is 0 Å². The van der Waals surface area contributed by atoms with Crippen LogP contribution in [-0.2, 0) is 4.79 Å². The fourth-order valence-electron chi connectivity index (χ4n) is 2.71. The number of hydrogen-bond donors (Lipinski definition) is 2. The zero-order chi connectivity index (χ0) is 19.8. The first-order valence-corrected chi connectivity index (χ1v) is 9.12. The molecule has 3 rings (SSSR count). The lowest BCUT2D eigenvalue weighted by atomic mass is 10.0. The van der Waals surface area contributed by atoms with E-state index in [0.29, 0.717) is 23.5 Å². The van der Waals surface area contributed by atoms with Crippen molar-refractivity contribution in [2.24, 2.45) is 0 Å². The number of carbonyl (C=O) groups excluding carboxylic acids is 2. The highest BCUT2D eigenvalue weighted by molar-refractivity contribution is 6.04. The normalized spacial score (nSPS) is 10.2. The van der Waals surface area contributed by atoms with Crippen molar-refractivity contribution in [3.05, 3.63) is 84.4 Å². The Bertz CT molecular complexity index is 938. The summed E-state index contributed by atoms with van der Waals surface area (Å²) >= 11 is 0. The quantitative estimate of drug-likeness (QED) is 0.654. The maximum absolute atomic E-state index is 12.5. The van der Waals surface area contributed by atoms with Gasteiger partial charge in [-0.1, -0.05) is 48.5 Å². The lowest BCUT2D eigenvalue weighted by Crippen LogP contribution is -2.28. The highest BCUT2D eigenvalue weighted by Gasteiger charge is 2.08. The van der Waals surface area contributed by atoms with E-state index < -0.39 is 0 Å². The highest BCUT2D eigenvalue weighted by Crippen LogP contribution is 2.21. The van der Waals surface area contributed by atoms with Crippen molar-refractivity contribution in [2.75, 3.05) is 18.5 Å². The summed E-state index contributed by atoms with van der Waals surface area (Å²) in [7, 11) is 0. The molecule has 0 unspecified atom stereocenters. The predicted octanol–water partition coefficient (Wildman–Crippen LogP) is 4.12. The molecule has 0 aromatic heterocycles. The van der Waals surface area contributed by atoms with Crippen LogP contribution in [0.5, 0.6) is 5.75 Å². The average Bonchev–Trinajstić information content (AvgIpc) is 2.73. The molecule has 3 aromatic carbocycles. The molecule has 0 heterocycles. The van der Waals surface area contributed by atoms with Crippen LogP contribution in [0.15, 0.2) is 78.9 Å². The van der Waals surface area contributed by atoms with Gasteiger partial charge in [-0.15, -0.1) is 0 Å². The molecule has 0 aliphatic rings. The summed E-state index contributed by atoms with van der Waals surface area (Å²) in [5.41, 5.74) is 3.32. The van der Waals surface area contributed by atoms with Crippen molar-refractivity contribution in [3.8, 4) is 16.9 Å². The van der Waals surface area contributed by atoms with E-state index >= 15 is 0 Å². The zero-order valence-corrected chi connectivity index (χ0v) is 15.6. The van der Waals surface area contributed by atoms with Crippen molar-refractivity contribution in [2.45, 2.75) is 6.92 Å². The van der Waals surface area contributed by atoms with E-state index in [1.807, 2.05) is 49.4 Å². The van der Waals surface area contributed by atoms with E-state index in [0.717, 1.165) is 11.1 Å². The van der Waals surface area contributed by atoms with Gasteiger partial charge in [0.1, 0.15) is 5.75 Å². The fraction of sp³-hybridized carbons (Fsp3) is 0.130.